The second kappa shape index (κ2) is 10.2. The number of carbonyl (C=O) groups is 1. The highest BCUT2D eigenvalue weighted by atomic mass is 16.5. The van der Waals surface area contributed by atoms with Crippen molar-refractivity contribution < 1.29 is 14.3 Å². The maximum atomic E-state index is 12.8. The number of esters is 1. The number of rotatable bonds is 4. The third-order valence-electron chi connectivity index (χ3n) is 7.64. The topological polar surface area (TPSA) is 112 Å². The Morgan fingerprint density at radius 3 is 2.64 bits per heavy atom. The summed E-state index contributed by atoms with van der Waals surface area (Å²) in [5.41, 5.74) is 6.18. The number of hydrogen-bond acceptors (Lipinski definition) is 9. The average Bonchev–Trinajstić information content (AvgIpc) is 2.99. The van der Waals surface area contributed by atoms with Gasteiger partial charge in [0.2, 0.25) is 0 Å². The molecule has 1 saturated heterocycles. The second-order valence-corrected chi connectivity index (χ2v) is 10.1. The van der Waals surface area contributed by atoms with Crippen molar-refractivity contribution in [2.75, 3.05) is 31.8 Å². The number of pyridine rings is 3. The van der Waals surface area contributed by atoms with Crippen molar-refractivity contribution in [2.45, 2.75) is 38.5 Å². The Labute approximate surface area is 225 Å². The van der Waals surface area contributed by atoms with E-state index < -0.39 is 5.97 Å². The summed E-state index contributed by atoms with van der Waals surface area (Å²) in [5, 5.41) is 0.935. The molecule has 0 unspecified atom stereocenters. The summed E-state index contributed by atoms with van der Waals surface area (Å²) in [6.45, 7) is 4.08. The Bertz CT molecular complexity index is 1630. The Kier molecular flexibility index (Phi) is 6.56. The van der Waals surface area contributed by atoms with Gasteiger partial charge in [-0.2, -0.15) is 0 Å². The minimum atomic E-state index is -0.485. The lowest BCUT2D eigenvalue weighted by Gasteiger charge is -2.32. The lowest BCUT2D eigenvalue weighted by atomic mass is 9.94. The number of nitrogens with zero attached hydrogens (tertiary/aromatic N) is 6. The third-order valence-corrected chi connectivity index (χ3v) is 7.64. The molecule has 6 rings (SSSR count). The number of ether oxygens (including phenoxy) is 2. The van der Waals surface area contributed by atoms with Crippen LogP contribution in [-0.4, -0.2) is 57.3 Å². The molecule has 2 aliphatic rings. The average molecular weight is 527 g/mol. The highest BCUT2D eigenvalue weighted by Gasteiger charge is 2.26. The van der Waals surface area contributed by atoms with E-state index in [1.165, 1.54) is 7.11 Å². The maximum Gasteiger partial charge on any atom is 0.356 e. The van der Waals surface area contributed by atoms with Gasteiger partial charge in [0, 0.05) is 61.1 Å². The monoisotopic (exact) mass is 526 g/mol. The molecule has 1 fully saturated rings. The van der Waals surface area contributed by atoms with Gasteiger partial charge in [-0.1, -0.05) is 0 Å². The van der Waals surface area contributed by atoms with Crippen LogP contribution in [0.25, 0.3) is 22.4 Å². The van der Waals surface area contributed by atoms with Gasteiger partial charge < -0.3 is 14.4 Å². The van der Waals surface area contributed by atoms with E-state index >= 15 is 0 Å². The Hall–Kier alpha value is -4.18. The summed E-state index contributed by atoms with van der Waals surface area (Å²) in [6.07, 6.45) is 7.01. The van der Waals surface area contributed by atoms with E-state index in [4.69, 9.17) is 19.4 Å². The van der Waals surface area contributed by atoms with Gasteiger partial charge in [-0.05, 0) is 56.9 Å². The van der Waals surface area contributed by atoms with Gasteiger partial charge in [0.15, 0.2) is 5.82 Å². The molecule has 0 spiro atoms. The molecule has 4 aromatic heterocycles. The van der Waals surface area contributed by atoms with Crippen molar-refractivity contribution in [1.82, 2.24) is 24.5 Å². The summed E-state index contributed by atoms with van der Waals surface area (Å²) in [6, 6.07) is 7.53. The Balaban J connectivity index is 1.45. The molecule has 0 radical (unpaired) electrons. The van der Waals surface area contributed by atoms with Crippen molar-refractivity contribution >= 4 is 28.4 Å². The molecule has 6 heterocycles. The van der Waals surface area contributed by atoms with E-state index in [-0.39, 0.29) is 17.2 Å². The Morgan fingerprint density at radius 2 is 1.90 bits per heavy atom. The molecule has 0 bridgehead atoms. The van der Waals surface area contributed by atoms with E-state index in [1.54, 1.807) is 29.9 Å². The normalized spacial score (nSPS) is 15.8. The predicted octanol–water partition coefficient (Wildman–Crippen LogP) is 3.86. The molecule has 0 N–H and O–H groups in total. The summed E-state index contributed by atoms with van der Waals surface area (Å²) < 4.78 is 12.0. The van der Waals surface area contributed by atoms with Crippen LogP contribution in [0.15, 0.2) is 41.5 Å². The van der Waals surface area contributed by atoms with Crippen molar-refractivity contribution in [3.63, 3.8) is 0 Å². The number of aromatic nitrogens is 5. The zero-order chi connectivity index (χ0) is 27.1. The number of fused-ring (bicyclic) bond motifs is 2. The van der Waals surface area contributed by atoms with Crippen LogP contribution in [0.3, 0.4) is 0 Å². The number of carbonyl (C=O) groups excluding carboxylic acids is 1. The van der Waals surface area contributed by atoms with Crippen LogP contribution in [0, 0.1) is 6.92 Å². The lowest BCUT2D eigenvalue weighted by molar-refractivity contribution is 0.0594. The van der Waals surface area contributed by atoms with Gasteiger partial charge in [0.05, 0.1) is 30.4 Å². The predicted molar refractivity (Wildman–Crippen MR) is 146 cm³/mol. The molecule has 10 nitrogen and oxygen atoms in total. The van der Waals surface area contributed by atoms with Crippen LogP contribution in [-0.2, 0) is 22.9 Å². The van der Waals surface area contributed by atoms with Crippen LogP contribution in [0.5, 0.6) is 0 Å². The highest BCUT2D eigenvalue weighted by Crippen LogP contribution is 2.39. The zero-order valence-corrected chi connectivity index (χ0v) is 22.3. The van der Waals surface area contributed by atoms with Crippen LogP contribution in [0.1, 0.15) is 52.6 Å². The number of methoxy groups -OCH3 is 1. The minimum absolute atomic E-state index is 0.0380. The lowest BCUT2D eigenvalue weighted by Crippen LogP contribution is -2.28. The van der Waals surface area contributed by atoms with Crippen LogP contribution in [0.2, 0.25) is 0 Å². The first-order valence-corrected chi connectivity index (χ1v) is 13.2. The van der Waals surface area contributed by atoms with Gasteiger partial charge in [-0.3, -0.25) is 9.36 Å². The molecule has 10 heteroatoms. The molecule has 200 valence electrons. The number of aryl methyl sites for hydroxylation is 3. The minimum Gasteiger partial charge on any atom is -0.464 e. The maximum absolute atomic E-state index is 12.8. The van der Waals surface area contributed by atoms with Crippen molar-refractivity contribution in [3.8, 4) is 11.4 Å². The van der Waals surface area contributed by atoms with E-state index in [0.717, 1.165) is 65.9 Å². The summed E-state index contributed by atoms with van der Waals surface area (Å²) >= 11 is 0. The highest BCUT2D eigenvalue weighted by molar-refractivity contribution is 5.93. The molecule has 39 heavy (non-hydrogen) atoms. The number of anilines is 2. The molecule has 0 atom stereocenters. The van der Waals surface area contributed by atoms with Gasteiger partial charge in [-0.15, -0.1) is 0 Å². The van der Waals surface area contributed by atoms with Crippen molar-refractivity contribution in [1.29, 1.82) is 0 Å². The van der Waals surface area contributed by atoms with Gasteiger partial charge in [0.1, 0.15) is 11.3 Å². The summed E-state index contributed by atoms with van der Waals surface area (Å²) in [7, 11) is 3.12. The molecular formula is C29H30N6O4. The molecule has 0 aromatic carbocycles. The Morgan fingerprint density at radius 1 is 1.08 bits per heavy atom. The number of hydrogen-bond donors (Lipinski definition) is 0. The standard InChI is InChI=1S/C29H30N6O4/c1-17-13-20-24(14-23(18-8-11-39-12-9-18)33-27(20)34(2)28(17)36)35-10-4-5-21-25(35)16-31-26(32-21)19-6-7-22(30-15-19)29(37)38-3/h6-7,13-16,18H,4-5,8-12H2,1-3H3. The molecule has 0 saturated carbocycles. The largest absolute Gasteiger partial charge is 0.464 e. The van der Waals surface area contributed by atoms with Crippen LogP contribution in [0.4, 0.5) is 11.4 Å². The molecule has 0 aliphatic carbocycles. The van der Waals surface area contributed by atoms with Gasteiger partial charge >= 0.3 is 5.97 Å². The van der Waals surface area contributed by atoms with E-state index in [1.807, 2.05) is 19.2 Å². The second-order valence-electron chi connectivity index (χ2n) is 10.1. The van der Waals surface area contributed by atoms with Gasteiger partial charge in [0.25, 0.3) is 5.56 Å². The fraction of sp³-hybridized carbons (Fsp3) is 0.379. The van der Waals surface area contributed by atoms with Crippen molar-refractivity contribution in [3.05, 3.63) is 69.7 Å². The first-order chi connectivity index (χ1) is 18.9. The first-order valence-electron chi connectivity index (χ1n) is 13.2. The van der Waals surface area contributed by atoms with Crippen molar-refractivity contribution in [2.24, 2.45) is 7.05 Å². The summed E-state index contributed by atoms with van der Waals surface area (Å²) in [4.78, 5) is 45.6. The summed E-state index contributed by atoms with van der Waals surface area (Å²) in [5.74, 6) is 0.350. The van der Waals surface area contributed by atoms with Crippen LogP contribution < -0.4 is 10.5 Å². The fourth-order valence-corrected chi connectivity index (χ4v) is 5.49. The molecular weight excluding hydrogens is 496 g/mol. The first kappa shape index (κ1) is 25.1. The molecule has 2 aliphatic heterocycles. The fourth-order valence-electron chi connectivity index (χ4n) is 5.49. The SMILES string of the molecule is COC(=O)c1ccc(-c2ncc3c(n2)CCCN3c2cc(C3CCOCC3)nc3c2cc(C)c(=O)n3C)cn1. The third kappa shape index (κ3) is 4.54. The molecule has 0 amide bonds. The smallest absolute Gasteiger partial charge is 0.356 e. The van der Waals surface area contributed by atoms with E-state index in [9.17, 15) is 9.59 Å². The van der Waals surface area contributed by atoms with E-state index in [0.29, 0.717) is 30.2 Å². The molecule has 4 aromatic rings. The van der Waals surface area contributed by atoms with E-state index in [2.05, 4.69) is 20.9 Å². The quantitative estimate of drug-likeness (QED) is 0.366. The van der Waals surface area contributed by atoms with Crippen LogP contribution >= 0.6 is 0 Å². The van der Waals surface area contributed by atoms with Gasteiger partial charge in [-0.25, -0.2) is 24.7 Å². The zero-order valence-electron chi connectivity index (χ0n) is 22.3.